The van der Waals surface area contributed by atoms with E-state index in [0.717, 1.165) is 22.8 Å². The molecule has 1 aliphatic rings. The lowest BCUT2D eigenvalue weighted by molar-refractivity contribution is 0.0381. The molecular formula is C17H18O5. The van der Waals surface area contributed by atoms with Crippen LogP contribution in [0.1, 0.15) is 5.56 Å². The molecule has 0 spiro atoms. The summed E-state index contributed by atoms with van der Waals surface area (Å²) in [5.41, 5.74) is 1.06. The lowest BCUT2D eigenvalue weighted by atomic mass is 10.2. The molecule has 0 bridgehead atoms. The Bertz CT molecular complexity index is 593. The summed E-state index contributed by atoms with van der Waals surface area (Å²) in [6.45, 7) is 0.469. The van der Waals surface area contributed by atoms with Crippen LogP contribution in [0.5, 0.6) is 17.2 Å². The van der Waals surface area contributed by atoms with Gasteiger partial charge in [-0.25, -0.2) is 0 Å². The monoisotopic (exact) mass is 302 g/mol. The molecule has 116 valence electrons. The van der Waals surface area contributed by atoms with Crippen molar-refractivity contribution in [3.8, 4) is 17.2 Å². The van der Waals surface area contributed by atoms with Gasteiger partial charge in [-0.1, -0.05) is 12.1 Å². The predicted octanol–water partition coefficient (Wildman–Crippen LogP) is 2.98. The van der Waals surface area contributed by atoms with Gasteiger partial charge in [0.15, 0.2) is 0 Å². The topological polar surface area (TPSA) is 49.5 Å². The molecular weight excluding hydrogens is 284 g/mol. The Morgan fingerprint density at radius 1 is 0.773 bits per heavy atom. The molecule has 0 aliphatic carbocycles. The highest BCUT2D eigenvalue weighted by molar-refractivity contribution is 5.31. The van der Waals surface area contributed by atoms with Crippen LogP contribution in [-0.2, 0) is 16.1 Å². The molecule has 0 N–H and O–H groups in total. The second-order valence-corrected chi connectivity index (χ2v) is 4.83. The summed E-state index contributed by atoms with van der Waals surface area (Å²) >= 11 is 0. The quantitative estimate of drug-likeness (QED) is 0.736. The minimum absolute atomic E-state index is 0.329. The lowest BCUT2D eigenvalue weighted by Crippen LogP contribution is -2.06. The predicted molar refractivity (Wildman–Crippen MR) is 80.1 cm³/mol. The van der Waals surface area contributed by atoms with Crippen LogP contribution in [0, 0.1) is 0 Å². The molecule has 0 radical (unpaired) electrons. The minimum Gasteiger partial charge on any atom is -0.497 e. The van der Waals surface area contributed by atoms with E-state index in [1.165, 1.54) is 0 Å². The molecule has 2 aromatic rings. The van der Waals surface area contributed by atoms with Crippen molar-refractivity contribution in [3.05, 3.63) is 54.1 Å². The molecule has 0 saturated carbocycles. The molecule has 0 amide bonds. The molecule has 3 rings (SSSR count). The number of epoxide rings is 1. The van der Waals surface area contributed by atoms with E-state index in [1.807, 2.05) is 48.5 Å². The molecule has 1 aliphatic heterocycles. The Morgan fingerprint density at radius 3 is 1.91 bits per heavy atom. The number of hydrogen-bond donors (Lipinski definition) is 0. The van der Waals surface area contributed by atoms with Gasteiger partial charge in [-0.3, -0.25) is 0 Å². The number of rotatable bonds is 7. The number of ether oxygens (including phenoxy) is 5. The van der Waals surface area contributed by atoms with Crippen LogP contribution < -0.4 is 14.2 Å². The first-order chi connectivity index (χ1) is 10.8. The second-order valence-electron chi connectivity index (χ2n) is 4.83. The molecule has 1 saturated heterocycles. The van der Waals surface area contributed by atoms with Gasteiger partial charge in [-0.15, -0.1) is 0 Å². The fraction of sp³-hybridized carbons (Fsp3) is 0.294. The summed E-state index contributed by atoms with van der Waals surface area (Å²) in [4.78, 5) is 0. The van der Waals surface area contributed by atoms with Crippen molar-refractivity contribution < 1.29 is 23.7 Å². The first-order valence-electron chi connectivity index (χ1n) is 6.99. The first-order valence-corrected chi connectivity index (χ1v) is 6.99. The van der Waals surface area contributed by atoms with Gasteiger partial charge < -0.3 is 23.7 Å². The molecule has 5 nitrogen and oxygen atoms in total. The van der Waals surface area contributed by atoms with Gasteiger partial charge in [0.2, 0.25) is 6.29 Å². The molecule has 1 heterocycles. The number of methoxy groups -OCH3 is 2. The van der Waals surface area contributed by atoms with Crippen LogP contribution in [0.25, 0.3) is 0 Å². The Balaban J connectivity index is 1.43. The zero-order valence-electron chi connectivity index (χ0n) is 12.5. The average Bonchev–Trinajstić information content (AvgIpc) is 3.32. The molecule has 1 fully saturated rings. The molecule has 5 heteroatoms. The number of benzene rings is 2. The van der Waals surface area contributed by atoms with Crippen molar-refractivity contribution in [2.24, 2.45) is 0 Å². The highest BCUT2D eigenvalue weighted by atomic mass is 16.9. The molecule has 2 atom stereocenters. The standard InChI is InChI=1S/C17H18O5/c1-18-13-5-3-12(4-6-13)11-20-16-17(22-16)21-15-9-7-14(19-2)8-10-15/h3-10,16-17H,11H2,1-2H3/t16-,17-/m0/s1. The summed E-state index contributed by atoms with van der Waals surface area (Å²) in [7, 11) is 3.27. The summed E-state index contributed by atoms with van der Waals surface area (Å²) in [5, 5.41) is 0. The van der Waals surface area contributed by atoms with E-state index in [4.69, 9.17) is 23.7 Å². The fourth-order valence-electron chi connectivity index (χ4n) is 1.98. The Hall–Kier alpha value is -2.24. The van der Waals surface area contributed by atoms with Crippen LogP contribution in [0.3, 0.4) is 0 Å². The Morgan fingerprint density at radius 2 is 1.32 bits per heavy atom. The second kappa shape index (κ2) is 6.68. The van der Waals surface area contributed by atoms with Crippen LogP contribution in [0.2, 0.25) is 0 Å². The highest BCUT2D eigenvalue weighted by Crippen LogP contribution is 2.29. The van der Waals surface area contributed by atoms with E-state index in [9.17, 15) is 0 Å². The van der Waals surface area contributed by atoms with Crippen molar-refractivity contribution in [3.63, 3.8) is 0 Å². The molecule has 22 heavy (non-hydrogen) atoms. The fourth-order valence-corrected chi connectivity index (χ4v) is 1.98. The van der Waals surface area contributed by atoms with Crippen molar-refractivity contribution in [1.82, 2.24) is 0 Å². The largest absolute Gasteiger partial charge is 0.497 e. The first kappa shape index (κ1) is 14.7. The van der Waals surface area contributed by atoms with E-state index in [1.54, 1.807) is 14.2 Å². The van der Waals surface area contributed by atoms with Gasteiger partial charge in [-0.05, 0) is 42.0 Å². The van der Waals surface area contributed by atoms with Crippen LogP contribution in [-0.4, -0.2) is 26.8 Å². The van der Waals surface area contributed by atoms with Gasteiger partial charge in [0.25, 0.3) is 6.29 Å². The Kier molecular flexibility index (Phi) is 4.46. The van der Waals surface area contributed by atoms with Gasteiger partial charge in [0, 0.05) is 0 Å². The average molecular weight is 302 g/mol. The van der Waals surface area contributed by atoms with Gasteiger partial charge >= 0.3 is 0 Å². The molecule has 0 unspecified atom stereocenters. The van der Waals surface area contributed by atoms with Gasteiger partial charge in [-0.2, -0.15) is 0 Å². The molecule has 0 aromatic heterocycles. The lowest BCUT2D eigenvalue weighted by Gasteiger charge is -2.05. The smallest absolute Gasteiger partial charge is 0.254 e. The van der Waals surface area contributed by atoms with Crippen LogP contribution >= 0.6 is 0 Å². The van der Waals surface area contributed by atoms with Crippen molar-refractivity contribution in [1.29, 1.82) is 0 Å². The van der Waals surface area contributed by atoms with E-state index >= 15 is 0 Å². The maximum Gasteiger partial charge on any atom is 0.254 e. The van der Waals surface area contributed by atoms with Crippen molar-refractivity contribution in [2.75, 3.05) is 14.2 Å². The van der Waals surface area contributed by atoms with Crippen molar-refractivity contribution >= 4 is 0 Å². The third-order valence-electron chi connectivity index (χ3n) is 3.30. The van der Waals surface area contributed by atoms with E-state index in [0.29, 0.717) is 6.61 Å². The zero-order valence-corrected chi connectivity index (χ0v) is 12.5. The summed E-state index contributed by atoms with van der Waals surface area (Å²) in [5.74, 6) is 2.34. The molecule has 2 aromatic carbocycles. The SMILES string of the molecule is COc1ccc(CO[C@H]2O[C@@H]2Oc2ccc(OC)cc2)cc1. The van der Waals surface area contributed by atoms with Crippen LogP contribution in [0.4, 0.5) is 0 Å². The summed E-state index contributed by atoms with van der Waals surface area (Å²) in [6.07, 6.45) is -0.684. The number of hydrogen-bond acceptors (Lipinski definition) is 5. The summed E-state index contributed by atoms with van der Waals surface area (Å²) in [6, 6.07) is 15.1. The third kappa shape index (κ3) is 3.69. The maximum absolute atomic E-state index is 5.64. The van der Waals surface area contributed by atoms with E-state index in [2.05, 4.69) is 0 Å². The van der Waals surface area contributed by atoms with Gasteiger partial charge in [0.1, 0.15) is 17.2 Å². The van der Waals surface area contributed by atoms with E-state index in [-0.39, 0.29) is 12.6 Å². The van der Waals surface area contributed by atoms with E-state index < -0.39 is 0 Å². The van der Waals surface area contributed by atoms with Gasteiger partial charge in [0.05, 0.1) is 20.8 Å². The maximum atomic E-state index is 5.64. The van der Waals surface area contributed by atoms with Crippen molar-refractivity contribution in [2.45, 2.75) is 19.2 Å². The minimum atomic E-state index is -0.355. The third-order valence-corrected chi connectivity index (χ3v) is 3.30. The normalized spacial score (nSPS) is 19.5. The Labute approximate surface area is 129 Å². The zero-order chi connectivity index (χ0) is 15.4. The highest BCUT2D eigenvalue weighted by Gasteiger charge is 2.42. The summed E-state index contributed by atoms with van der Waals surface area (Å²) < 4.78 is 26.8. The van der Waals surface area contributed by atoms with Crippen LogP contribution in [0.15, 0.2) is 48.5 Å².